The summed E-state index contributed by atoms with van der Waals surface area (Å²) < 4.78 is 0. The van der Waals surface area contributed by atoms with Crippen LogP contribution in [0.5, 0.6) is 0 Å². The minimum absolute atomic E-state index is 0.167. The lowest BCUT2D eigenvalue weighted by Crippen LogP contribution is -2.16. The summed E-state index contributed by atoms with van der Waals surface area (Å²) in [7, 11) is 0. The van der Waals surface area contributed by atoms with Crippen LogP contribution in [0.15, 0.2) is 36.7 Å². The molecule has 0 saturated heterocycles. The van der Waals surface area contributed by atoms with Gasteiger partial charge < -0.3 is 15.7 Å². The number of carbonyl (C=O) groups is 2. The Morgan fingerprint density at radius 1 is 1.18 bits per heavy atom. The molecule has 0 radical (unpaired) electrons. The van der Waals surface area contributed by atoms with Gasteiger partial charge in [0.25, 0.3) is 0 Å². The minimum Gasteiger partial charge on any atom is -0.478 e. The predicted octanol–water partition coefficient (Wildman–Crippen LogP) is 2.27. The van der Waals surface area contributed by atoms with Crippen LogP contribution < -0.4 is 10.6 Å². The van der Waals surface area contributed by atoms with Crippen LogP contribution in [0.25, 0.3) is 0 Å². The van der Waals surface area contributed by atoms with Crippen molar-refractivity contribution in [2.75, 3.05) is 17.2 Å². The Morgan fingerprint density at radius 2 is 1.91 bits per heavy atom. The fourth-order valence-electron chi connectivity index (χ4n) is 1.65. The van der Waals surface area contributed by atoms with Gasteiger partial charge in [-0.1, -0.05) is 11.6 Å². The molecule has 2 aromatic rings. The number of anilines is 2. The predicted molar refractivity (Wildman–Crippen MR) is 82.2 cm³/mol. The fourth-order valence-corrected chi connectivity index (χ4v) is 1.80. The normalized spacial score (nSPS) is 10.0. The highest BCUT2D eigenvalue weighted by molar-refractivity contribution is 6.29. The Kier molecular flexibility index (Phi) is 5.26. The molecule has 114 valence electrons. The summed E-state index contributed by atoms with van der Waals surface area (Å²) in [5, 5.41) is 14.7. The van der Waals surface area contributed by atoms with Crippen LogP contribution >= 0.6 is 11.6 Å². The highest BCUT2D eigenvalue weighted by Gasteiger charge is 2.05. The molecule has 0 aliphatic carbocycles. The molecule has 1 heterocycles. The lowest BCUT2D eigenvalue weighted by atomic mass is 10.2. The van der Waals surface area contributed by atoms with Gasteiger partial charge >= 0.3 is 5.97 Å². The van der Waals surface area contributed by atoms with Gasteiger partial charge in [-0.05, 0) is 24.3 Å². The van der Waals surface area contributed by atoms with Crippen LogP contribution in [-0.2, 0) is 4.79 Å². The first kappa shape index (κ1) is 15.7. The van der Waals surface area contributed by atoms with E-state index in [1.165, 1.54) is 18.5 Å². The second-order valence-corrected chi connectivity index (χ2v) is 4.72. The number of carbonyl (C=O) groups excluding carboxylic acids is 1. The maximum Gasteiger partial charge on any atom is 0.335 e. The Morgan fingerprint density at radius 3 is 2.55 bits per heavy atom. The van der Waals surface area contributed by atoms with Crippen molar-refractivity contribution in [2.45, 2.75) is 6.42 Å². The van der Waals surface area contributed by atoms with Crippen LogP contribution in [0.1, 0.15) is 16.8 Å². The maximum absolute atomic E-state index is 11.8. The number of benzene rings is 1. The molecular formula is C14H13ClN4O3. The van der Waals surface area contributed by atoms with Crippen molar-refractivity contribution >= 4 is 35.0 Å². The zero-order valence-electron chi connectivity index (χ0n) is 11.4. The van der Waals surface area contributed by atoms with Crippen LogP contribution in [-0.4, -0.2) is 33.5 Å². The van der Waals surface area contributed by atoms with Gasteiger partial charge in [0.05, 0.1) is 5.56 Å². The van der Waals surface area contributed by atoms with E-state index in [-0.39, 0.29) is 17.9 Å². The number of halogens is 1. The molecule has 0 unspecified atom stereocenters. The van der Waals surface area contributed by atoms with Crippen molar-refractivity contribution in [1.82, 2.24) is 9.97 Å². The second-order valence-electron chi connectivity index (χ2n) is 4.33. The number of carboxylic acids is 1. The molecule has 0 atom stereocenters. The van der Waals surface area contributed by atoms with Gasteiger partial charge in [-0.2, -0.15) is 0 Å². The SMILES string of the molecule is O=C(CCNc1cc(Cl)ncn1)Nc1ccc(C(=O)O)cc1. The Bertz CT molecular complexity index is 676. The summed E-state index contributed by atoms with van der Waals surface area (Å²) in [5.41, 5.74) is 0.709. The molecule has 0 aliphatic rings. The highest BCUT2D eigenvalue weighted by atomic mass is 35.5. The molecule has 7 nitrogen and oxygen atoms in total. The molecule has 1 amide bonds. The zero-order chi connectivity index (χ0) is 15.9. The van der Waals surface area contributed by atoms with Gasteiger partial charge in [0.1, 0.15) is 17.3 Å². The molecule has 0 spiro atoms. The third-order valence-electron chi connectivity index (χ3n) is 2.71. The number of nitrogens with one attached hydrogen (secondary N) is 2. The number of nitrogens with zero attached hydrogens (tertiary/aromatic N) is 2. The first-order chi connectivity index (χ1) is 10.5. The van der Waals surface area contributed by atoms with Gasteiger partial charge in [-0.15, -0.1) is 0 Å². The topological polar surface area (TPSA) is 104 Å². The number of rotatable bonds is 6. The molecule has 1 aromatic carbocycles. The lowest BCUT2D eigenvalue weighted by molar-refractivity contribution is -0.115. The number of hydrogen-bond acceptors (Lipinski definition) is 5. The zero-order valence-corrected chi connectivity index (χ0v) is 12.2. The molecule has 1 aromatic heterocycles. The summed E-state index contributed by atoms with van der Waals surface area (Å²) in [6.07, 6.45) is 1.55. The molecule has 8 heteroatoms. The van der Waals surface area contributed by atoms with Crippen LogP contribution in [0, 0.1) is 0 Å². The Labute approximate surface area is 131 Å². The summed E-state index contributed by atoms with van der Waals surface area (Å²) in [5.74, 6) is -0.667. The molecule has 0 aliphatic heterocycles. The van der Waals surface area contributed by atoms with Gasteiger partial charge in [-0.25, -0.2) is 14.8 Å². The molecular weight excluding hydrogens is 308 g/mol. The van der Waals surface area contributed by atoms with Crippen molar-refractivity contribution in [2.24, 2.45) is 0 Å². The number of aromatic carboxylic acids is 1. The Balaban J connectivity index is 1.79. The van der Waals surface area contributed by atoms with Crippen molar-refractivity contribution in [1.29, 1.82) is 0 Å². The number of aromatic nitrogens is 2. The largest absolute Gasteiger partial charge is 0.478 e. The van der Waals surface area contributed by atoms with E-state index in [1.54, 1.807) is 18.2 Å². The van der Waals surface area contributed by atoms with Gasteiger partial charge in [-0.3, -0.25) is 4.79 Å². The average molecular weight is 321 g/mol. The van der Waals surface area contributed by atoms with Crippen LogP contribution in [0.2, 0.25) is 5.15 Å². The van der Waals surface area contributed by atoms with Crippen molar-refractivity contribution in [3.05, 3.63) is 47.4 Å². The second kappa shape index (κ2) is 7.37. The van der Waals surface area contributed by atoms with E-state index >= 15 is 0 Å². The molecule has 0 saturated carbocycles. The molecule has 3 N–H and O–H groups in total. The summed E-state index contributed by atoms with van der Waals surface area (Å²) in [6.45, 7) is 0.381. The first-order valence-electron chi connectivity index (χ1n) is 6.39. The van der Waals surface area contributed by atoms with E-state index in [0.29, 0.717) is 23.2 Å². The monoisotopic (exact) mass is 320 g/mol. The summed E-state index contributed by atoms with van der Waals surface area (Å²) in [6, 6.07) is 7.50. The standard InChI is InChI=1S/C14H13ClN4O3/c15-11-7-12(18-8-17-11)16-6-5-13(20)19-10-3-1-9(2-4-10)14(21)22/h1-4,7-8H,5-6H2,(H,19,20)(H,21,22)(H,16,17,18). The molecule has 22 heavy (non-hydrogen) atoms. The van der Waals surface area contributed by atoms with E-state index in [2.05, 4.69) is 20.6 Å². The van der Waals surface area contributed by atoms with E-state index < -0.39 is 5.97 Å². The van der Waals surface area contributed by atoms with Crippen LogP contribution in [0.3, 0.4) is 0 Å². The number of hydrogen-bond donors (Lipinski definition) is 3. The minimum atomic E-state index is -1.01. The van der Waals surface area contributed by atoms with E-state index in [1.807, 2.05) is 0 Å². The van der Waals surface area contributed by atoms with E-state index in [0.717, 1.165) is 0 Å². The van der Waals surface area contributed by atoms with Crippen LogP contribution in [0.4, 0.5) is 11.5 Å². The third kappa shape index (κ3) is 4.71. The van der Waals surface area contributed by atoms with Crippen molar-refractivity contribution < 1.29 is 14.7 Å². The third-order valence-corrected chi connectivity index (χ3v) is 2.91. The first-order valence-corrected chi connectivity index (χ1v) is 6.77. The molecule has 2 rings (SSSR count). The van der Waals surface area contributed by atoms with Gasteiger partial charge in [0, 0.05) is 24.7 Å². The summed E-state index contributed by atoms with van der Waals surface area (Å²) >= 11 is 5.72. The van der Waals surface area contributed by atoms with E-state index in [9.17, 15) is 9.59 Å². The molecule has 0 bridgehead atoms. The quantitative estimate of drug-likeness (QED) is 0.705. The number of carboxylic acid groups (broad SMARTS) is 1. The average Bonchev–Trinajstić information content (AvgIpc) is 2.48. The maximum atomic E-state index is 11.8. The van der Waals surface area contributed by atoms with Gasteiger partial charge in [0.15, 0.2) is 0 Å². The smallest absolute Gasteiger partial charge is 0.335 e. The fraction of sp³-hybridized carbons (Fsp3) is 0.143. The Hall–Kier alpha value is -2.67. The van der Waals surface area contributed by atoms with Crippen molar-refractivity contribution in [3.63, 3.8) is 0 Å². The lowest BCUT2D eigenvalue weighted by Gasteiger charge is -2.07. The van der Waals surface area contributed by atoms with Gasteiger partial charge in [0.2, 0.25) is 5.91 Å². The molecule has 0 fully saturated rings. The summed E-state index contributed by atoms with van der Waals surface area (Å²) in [4.78, 5) is 30.2. The number of amides is 1. The van der Waals surface area contributed by atoms with Crippen molar-refractivity contribution in [3.8, 4) is 0 Å². The highest BCUT2D eigenvalue weighted by Crippen LogP contribution is 2.11. The van der Waals surface area contributed by atoms with E-state index in [4.69, 9.17) is 16.7 Å².